The molecule has 0 atom stereocenters. The second kappa shape index (κ2) is 4.22. The van der Waals surface area contributed by atoms with Gasteiger partial charge in [-0.05, 0) is 6.07 Å². The number of nitrogen functional groups attached to an aromatic ring is 1. The second-order valence-corrected chi connectivity index (χ2v) is 5.16. The largest absolute Gasteiger partial charge is 0.369 e. The molecule has 3 aromatic rings. The Morgan fingerprint density at radius 2 is 2.28 bits per heavy atom. The summed E-state index contributed by atoms with van der Waals surface area (Å²) < 4.78 is 15.1. The third kappa shape index (κ3) is 1.83. The fourth-order valence-electron chi connectivity index (χ4n) is 1.78. The van der Waals surface area contributed by atoms with Crippen molar-refractivity contribution in [1.29, 1.82) is 0 Å². The van der Waals surface area contributed by atoms with Crippen molar-refractivity contribution in [2.45, 2.75) is 6.54 Å². The topological polar surface area (TPSA) is 56.7 Å². The lowest BCUT2D eigenvalue weighted by Crippen LogP contribution is -2.03. The van der Waals surface area contributed by atoms with Gasteiger partial charge in [-0.3, -0.25) is 4.98 Å². The summed E-state index contributed by atoms with van der Waals surface area (Å²) in [6.45, 7) is 0.551. The van der Waals surface area contributed by atoms with Crippen molar-refractivity contribution >= 4 is 39.9 Å². The molecule has 0 radical (unpaired) electrons. The maximum atomic E-state index is 13.3. The predicted octanol–water partition coefficient (Wildman–Crippen LogP) is 2.92. The average Bonchev–Trinajstić information content (AvgIpc) is 2.92. The van der Waals surface area contributed by atoms with E-state index in [1.807, 2.05) is 0 Å². The van der Waals surface area contributed by atoms with Gasteiger partial charge in [0.1, 0.15) is 5.82 Å². The van der Waals surface area contributed by atoms with Crippen molar-refractivity contribution in [3.8, 4) is 0 Å². The molecular weight excluding hydrogens is 275 g/mol. The van der Waals surface area contributed by atoms with E-state index < -0.39 is 5.82 Å². The molecule has 18 heavy (non-hydrogen) atoms. The first-order valence-electron chi connectivity index (χ1n) is 5.13. The van der Waals surface area contributed by atoms with Crippen LogP contribution in [0.1, 0.15) is 4.88 Å². The van der Waals surface area contributed by atoms with E-state index in [1.54, 1.807) is 16.3 Å². The number of anilines is 1. The summed E-state index contributed by atoms with van der Waals surface area (Å²) in [7, 11) is 0. The lowest BCUT2D eigenvalue weighted by molar-refractivity contribution is 0.629. The number of benzene rings is 1. The molecule has 4 nitrogen and oxygen atoms in total. The summed E-state index contributed by atoms with van der Waals surface area (Å²) in [5, 5.41) is 0.0629. The molecular formula is C11H8ClFN4S. The van der Waals surface area contributed by atoms with E-state index >= 15 is 0 Å². The maximum Gasteiger partial charge on any atom is 0.201 e. The molecule has 2 aromatic heterocycles. The number of imidazole rings is 1. The van der Waals surface area contributed by atoms with Crippen LogP contribution in [-0.4, -0.2) is 14.5 Å². The van der Waals surface area contributed by atoms with Crippen molar-refractivity contribution in [3.63, 3.8) is 0 Å². The number of rotatable bonds is 2. The molecule has 0 saturated heterocycles. The summed E-state index contributed by atoms with van der Waals surface area (Å²) in [5.74, 6) is -0.160. The molecule has 1 aromatic carbocycles. The Morgan fingerprint density at radius 1 is 1.44 bits per heavy atom. The Bertz CT molecular complexity index is 707. The third-order valence-corrected chi connectivity index (χ3v) is 3.67. The van der Waals surface area contributed by atoms with E-state index in [1.165, 1.54) is 23.5 Å². The molecule has 3 rings (SSSR count). The highest BCUT2D eigenvalue weighted by atomic mass is 35.5. The van der Waals surface area contributed by atoms with Gasteiger partial charge in [-0.1, -0.05) is 11.6 Å². The van der Waals surface area contributed by atoms with E-state index in [0.717, 1.165) is 4.88 Å². The average molecular weight is 283 g/mol. The van der Waals surface area contributed by atoms with Crippen molar-refractivity contribution in [2.24, 2.45) is 0 Å². The summed E-state index contributed by atoms with van der Waals surface area (Å²) in [5.41, 5.74) is 8.80. The summed E-state index contributed by atoms with van der Waals surface area (Å²) in [6.07, 6.45) is 1.76. The molecule has 0 unspecified atom stereocenters. The first-order valence-corrected chi connectivity index (χ1v) is 6.39. The Balaban J connectivity index is 2.16. The highest BCUT2D eigenvalue weighted by Crippen LogP contribution is 2.25. The van der Waals surface area contributed by atoms with E-state index in [2.05, 4.69) is 9.97 Å². The number of halogens is 2. The normalized spacial score (nSPS) is 11.2. The summed E-state index contributed by atoms with van der Waals surface area (Å²) in [4.78, 5) is 9.17. The zero-order chi connectivity index (χ0) is 12.7. The zero-order valence-corrected chi connectivity index (χ0v) is 10.7. The summed E-state index contributed by atoms with van der Waals surface area (Å²) in [6, 6.07) is 2.83. The fourth-order valence-corrected chi connectivity index (χ4v) is 2.52. The van der Waals surface area contributed by atoms with Gasteiger partial charge in [0.15, 0.2) is 0 Å². The first-order chi connectivity index (χ1) is 8.65. The monoisotopic (exact) mass is 282 g/mol. The molecule has 2 N–H and O–H groups in total. The van der Waals surface area contributed by atoms with Gasteiger partial charge in [-0.2, -0.15) is 0 Å². The van der Waals surface area contributed by atoms with Gasteiger partial charge < -0.3 is 10.3 Å². The Labute approximate surface area is 111 Å². The molecule has 7 heteroatoms. The SMILES string of the molecule is Nc1nc2cc(F)c(Cl)cc2n1Cc1cncs1. The van der Waals surface area contributed by atoms with Crippen LogP contribution in [0, 0.1) is 5.82 Å². The number of hydrogen-bond acceptors (Lipinski definition) is 4. The molecule has 0 spiro atoms. The van der Waals surface area contributed by atoms with Gasteiger partial charge in [0, 0.05) is 17.1 Å². The van der Waals surface area contributed by atoms with Gasteiger partial charge >= 0.3 is 0 Å². The minimum absolute atomic E-state index is 0.0629. The van der Waals surface area contributed by atoms with E-state index in [0.29, 0.717) is 23.5 Å². The van der Waals surface area contributed by atoms with Crippen molar-refractivity contribution in [3.05, 3.63) is 39.6 Å². The molecule has 0 aliphatic heterocycles. The van der Waals surface area contributed by atoms with Crippen LogP contribution in [0.3, 0.4) is 0 Å². The number of hydrogen-bond donors (Lipinski definition) is 1. The molecule has 0 saturated carbocycles. The quantitative estimate of drug-likeness (QED) is 0.786. The number of fused-ring (bicyclic) bond motifs is 1. The van der Waals surface area contributed by atoms with Crippen LogP contribution in [0.25, 0.3) is 11.0 Å². The molecule has 0 aliphatic rings. The van der Waals surface area contributed by atoms with Crippen LogP contribution >= 0.6 is 22.9 Å². The number of aromatic nitrogens is 3. The molecule has 0 amide bonds. The van der Waals surface area contributed by atoms with Crippen LogP contribution in [0.15, 0.2) is 23.8 Å². The Kier molecular flexibility index (Phi) is 2.68. The van der Waals surface area contributed by atoms with Gasteiger partial charge in [0.25, 0.3) is 0 Å². The smallest absolute Gasteiger partial charge is 0.201 e. The lowest BCUT2D eigenvalue weighted by atomic mass is 10.3. The summed E-state index contributed by atoms with van der Waals surface area (Å²) >= 11 is 7.31. The first kappa shape index (κ1) is 11.4. The van der Waals surface area contributed by atoms with Gasteiger partial charge in [0.2, 0.25) is 5.95 Å². The van der Waals surface area contributed by atoms with Crippen LogP contribution in [0.4, 0.5) is 10.3 Å². The van der Waals surface area contributed by atoms with E-state index in [9.17, 15) is 4.39 Å². The molecule has 0 aliphatic carbocycles. The molecule has 92 valence electrons. The standard InChI is InChI=1S/C11H8ClFN4S/c12-7-1-10-9(2-8(7)13)16-11(14)17(10)4-6-3-15-5-18-6/h1-3,5H,4H2,(H2,14,16). The second-order valence-electron chi connectivity index (χ2n) is 3.78. The minimum atomic E-state index is -0.494. The number of nitrogens with zero attached hydrogens (tertiary/aromatic N) is 3. The van der Waals surface area contributed by atoms with E-state index in [-0.39, 0.29) is 5.02 Å². The van der Waals surface area contributed by atoms with Crippen molar-refractivity contribution in [1.82, 2.24) is 14.5 Å². The molecule has 2 heterocycles. The fraction of sp³-hybridized carbons (Fsp3) is 0.0909. The van der Waals surface area contributed by atoms with Crippen LogP contribution in [0.5, 0.6) is 0 Å². The predicted molar refractivity (Wildman–Crippen MR) is 70.3 cm³/mol. The Hall–Kier alpha value is -1.66. The van der Waals surface area contributed by atoms with Crippen LogP contribution in [0.2, 0.25) is 5.02 Å². The molecule has 0 bridgehead atoms. The van der Waals surface area contributed by atoms with Crippen molar-refractivity contribution < 1.29 is 4.39 Å². The minimum Gasteiger partial charge on any atom is -0.369 e. The third-order valence-electron chi connectivity index (χ3n) is 2.62. The van der Waals surface area contributed by atoms with E-state index in [4.69, 9.17) is 17.3 Å². The highest BCUT2D eigenvalue weighted by molar-refractivity contribution is 7.09. The zero-order valence-electron chi connectivity index (χ0n) is 9.10. The number of thiazole rings is 1. The Morgan fingerprint density at radius 3 is 3.00 bits per heavy atom. The van der Waals surface area contributed by atoms with Crippen LogP contribution in [-0.2, 0) is 6.54 Å². The number of nitrogens with two attached hydrogens (primary N) is 1. The van der Waals surface area contributed by atoms with Gasteiger partial charge in [-0.25, -0.2) is 9.37 Å². The maximum absolute atomic E-state index is 13.3. The van der Waals surface area contributed by atoms with Crippen molar-refractivity contribution in [2.75, 3.05) is 5.73 Å². The van der Waals surface area contributed by atoms with Gasteiger partial charge in [-0.15, -0.1) is 11.3 Å². The molecule has 0 fully saturated rings. The van der Waals surface area contributed by atoms with Gasteiger partial charge in [0.05, 0.1) is 28.1 Å². The lowest BCUT2D eigenvalue weighted by Gasteiger charge is -2.04. The highest BCUT2D eigenvalue weighted by Gasteiger charge is 2.12. The van der Waals surface area contributed by atoms with Crippen LogP contribution < -0.4 is 5.73 Å².